The largest absolute Gasteiger partial charge is 0.480 e. The number of hydrogen-bond acceptors (Lipinski definition) is 3. The van der Waals surface area contributed by atoms with E-state index in [2.05, 4.69) is 10.6 Å². The molecule has 0 aromatic heterocycles. The Hall–Kier alpha value is -1.10. The van der Waals surface area contributed by atoms with E-state index in [1.807, 2.05) is 0 Å². The number of hydrogen-bond donors (Lipinski definition) is 3. The molecule has 0 aromatic rings. The first-order chi connectivity index (χ1) is 6.15. The summed E-state index contributed by atoms with van der Waals surface area (Å²) in [6.07, 6.45) is 1.11. The summed E-state index contributed by atoms with van der Waals surface area (Å²) in [6, 6.07) is -0.617. The van der Waals surface area contributed by atoms with Gasteiger partial charge in [-0.3, -0.25) is 9.59 Å². The SMILES string of the molecule is CN[C@@H](C[C@@H]1CCNC1=O)C(=O)O. The molecule has 2 atom stereocenters. The van der Waals surface area contributed by atoms with Crippen LogP contribution in [0, 0.1) is 5.92 Å². The summed E-state index contributed by atoms with van der Waals surface area (Å²) in [4.78, 5) is 21.7. The van der Waals surface area contributed by atoms with Gasteiger partial charge >= 0.3 is 5.97 Å². The van der Waals surface area contributed by atoms with Gasteiger partial charge in [0.1, 0.15) is 6.04 Å². The van der Waals surface area contributed by atoms with Gasteiger partial charge in [0.25, 0.3) is 0 Å². The molecule has 1 heterocycles. The van der Waals surface area contributed by atoms with E-state index in [4.69, 9.17) is 5.11 Å². The Balaban J connectivity index is 2.45. The molecule has 1 aliphatic rings. The second-order valence-electron chi connectivity index (χ2n) is 3.19. The molecule has 74 valence electrons. The van der Waals surface area contributed by atoms with Crippen LogP contribution >= 0.6 is 0 Å². The quantitative estimate of drug-likeness (QED) is 0.536. The highest BCUT2D eigenvalue weighted by Gasteiger charge is 2.29. The fourth-order valence-corrected chi connectivity index (χ4v) is 1.50. The van der Waals surface area contributed by atoms with Gasteiger partial charge in [0.15, 0.2) is 0 Å². The van der Waals surface area contributed by atoms with Crippen molar-refractivity contribution in [3.8, 4) is 0 Å². The summed E-state index contributed by atoms with van der Waals surface area (Å²) in [5, 5.41) is 14.1. The van der Waals surface area contributed by atoms with Gasteiger partial charge in [0.05, 0.1) is 0 Å². The van der Waals surface area contributed by atoms with Crippen molar-refractivity contribution < 1.29 is 14.7 Å². The van der Waals surface area contributed by atoms with Crippen molar-refractivity contribution in [3.63, 3.8) is 0 Å². The van der Waals surface area contributed by atoms with Crippen molar-refractivity contribution in [3.05, 3.63) is 0 Å². The number of aliphatic carboxylic acids is 1. The Morgan fingerprint density at radius 2 is 2.54 bits per heavy atom. The molecule has 5 nitrogen and oxygen atoms in total. The van der Waals surface area contributed by atoms with Crippen LogP contribution in [0.5, 0.6) is 0 Å². The average Bonchev–Trinajstić information content (AvgIpc) is 2.46. The van der Waals surface area contributed by atoms with Crippen LogP contribution in [0.3, 0.4) is 0 Å². The van der Waals surface area contributed by atoms with Crippen molar-refractivity contribution >= 4 is 11.9 Å². The van der Waals surface area contributed by atoms with Crippen LogP contribution < -0.4 is 10.6 Å². The van der Waals surface area contributed by atoms with Gasteiger partial charge in [-0.1, -0.05) is 0 Å². The van der Waals surface area contributed by atoms with Crippen molar-refractivity contribution in [2.24, 2.45) is 5.92 Å². The monoisotopic (exact) mass is 186 g/mol. The molecule has 3 N–H and O–H groups in total. The first-order valence-electron chi connectivity index (χ1n) is 4.33. The minimum absolute atomic E-state index is 0.0264. The molecular weight excluding hydrogens is 172 g/mol. The Morgan fingerprint density at radius 1 is 1.85 bits per heavy atom. The van der Waals surface area contributed by atoms with Crippen LogP contribution in [0.1, 0.15) is 12.8 Å². The molecular formula is C8H14N2O3. The first-order valence-corrected chi connectivity index (χ1v) is 4.33. The van der Waals surface area contributed by atoms with Crippen molar-refractivity contribution in [2.75, 3.05) is 13.6 Å². The lowest BCUT2D eigenvalue weighted by atomic mass is 9.99. The molecule has 0 saturated carbocycles. The molecule has 13 heavy (non-hydrogen) atoms. The molecule has 0 radical (unpaired) electrons. The van der Waals surface area contributed by atoms with Crippen LogP contribution in [0.2, 0.25) is 0 Å². The van der Waals surface area contributed by atoms with Crippen molar-refractivity contribution in [1.29, 1.82) is 0 Å². The fraction of sp³-hybridized carbons (Fsp3) is 0.750. The molecule has 0 spiro atoms. The average molecular weight is 186 g/mol. The molecule has 0 unspecified atom stereocenters. The number of nitrogens with one attached hydrogen (secondary N) is 2. The summed E-state index contributed by atoms with van der Waals surface area (Å²) in [6.45, 7) is 0.666. The Kier molecular flexibility index (Phi) is 3.25. The summed E-state index contributed by atoms with van der Waals surface area (Å²) in [5.74, 6) is -1.07. The maximum absolute atomic E-state index is 11.1. The molecule has 5 heteroatoms. The summed E-state index contributed by atoms with van der Waals surface area (Å²) >= 11 is 0. The van der Waals surface area contributed by atoms with Crippen LogP contribution in [-0.4, -0.2) is 36.6 Å². The van der Waals surface area contributed by atoms with Gasteiger partial charge in [-0.2, -0.15) is 0 Å². The predicted octanol–water partition coefficient (Wildman–Crippen LogP) is -0.815. The summed E-state index contributed by atoms with van der Waals surface area (Å²) in [5.41, 5.74) is 0. The highest BCUT2D eigenvalue weighted by molar-refractivity contribution is 5.82. The van der Waals surface area contributed by atoms with E-state index in [0.29, 0.717) is 13.0 Å². The zero-order valence-corrected chi connectivity index (χ0v) is 7.54. The van der Waals surface area contributed by atoms with Gasteiger partial charge in [0, 0.05) is 12.5 Å². The molecule has 0 aromatic carbocycles. The molecule has 0 bridgehead atoms. The number of carbonyl (C=O) groups excluding carboxylic acids is 1. The third-order valence-corrected chi connectivity index (χ3v) is 2.33. The van der Waals surface area contributed by atoms with E-state index < -0.39 is 12.0 Å². The Bertz CT molecular complexity index is 217. The molecule has 1 fully saturated rings. The molecule has 0 aliphatic carbocycles. The van der Waals surface area contributed by atoms with E-state index in [9.17, 15) is 9.59 Å². The lowest BCUT2D eigenvalue weighted by Gasteiger charge is -2.13. The van der Waals surface area contributed by atoms with Crippen LogP contribution in [0.4, 0.5) is 0 Å². The summed E-state index contributed by atoms with van der Waals surface area (Å²) < 4.78 is 0. The van der Waals surface area contributed by atoms with Crippen molar-refractivity contribution in [2.45, 2.75) is 18.9 Å². The Morgan fingerprint density at radius 3 is 2.92 bits per heavy atom. The van der Waals surface area contributed by atoms with Gasteiger partial charge in [-0.05, 0) is 19.9 Å². The smallest absolute Gasteiger partial charge is 0.320 e. The lowest BCUT2D eigenvalue weighted by molar-refractivity contribution is -0.140. The van der Waals surface area contributed by atoms with Crippen LogP contribution in [0.15, 0.2) is 0 Å². The highest BCUT2D eigenvalue weighted by atomic mass is 16.4. The van der Waals surface area contributed by atoms with Crippen LogP contribution in [-0.2, 0) is 9.59 Å². The first kappa shape index (κ1) is 9.98. The van der Waals surface area contributed by atoms with E-state index in [-0.39, 0.29) is 11.8 Å². The predicted molar refractivity (Wildman–Crippen MR) is 46.2 cm³/mol. The van der Waals surface area contributed by atoms with E-state index in [1.54, 1.807) is 7.05 Å². The summed E-state index contributed by atoms with van der Waals surface area (Å²) in [7, 11) is 1.59. The molecule has 1 amide bonds. The second kappa shape index (κ2) is 4.23. The van der Waals surface area contributed by atoms with Gasteiger partial charge in [-0.25, -0.2) is 0 Å². The maximum atomic E-state index is 11.1. The number of amides is 1. The molecule has 1 rings (SSSR count). The number of likely N-dealkylation sites (N-methyl/N-ethyl adjacent to an activating group) is 1. The zero-order valence-electron chi connectivity index (χ0n) is 7.54. The molecule has 1 aliphatic heterocycles. The van der Waals surface area contributed by atoms with Crippen molar-refractivity contribution in [1.82, 2.24) is 10.6 Å². The second-order valence-corrected chi connectivity index (χ2v) is 3.19. The maximum Gasteiger partial charge on any atom is 0.320 e. The van der Waals surface area contributed by atoms with E-state index >= 15 is 0 Å². The van der Waals surface area contributed by atoms with Gasteiger partial charge < -0.3 is 15.7 Å². The number of rotatable bonds is 4. The topological polar surface area (TPSA) is 78.4 Å². The minimum Gasteiger partial charge on any atom is -0.480 e. The van der Waals surface area contributed by atoms with E-state index in [0.717, 1.165) is 6.42 Å². The minimum atomic E-state index is -0.901. The number of carboxylic acid groups (broad SMARTS) is 1. The number of carboxylic acids is 1. The zero-order chi connectivity index (χ0) is 9.84. The van der Waals surface area contributed by atoms with Crippen LogP contribution in [0.25, 0.3) is 0 Å². The van der Waals surface area contributed by atoms with E-state index in [1.165, 1.54) is 0 Å². The number of carbonyl (C=O) groups is 2. The van der Waals surface area contributed by atoms with Gasteiger partial charge in [0.2, 0.25) is 5.91 Å². The normalized spacial score (nSPS) is 24.1. The third-order valence-electron chi connectivity index (χ3n) is 2.33. The fourth-order valence-electron chi connectivity index (χ4n) is 1.50. The third kappa shape index (κ3) is 2.42. The lowest BCUT2D eigenvalue weighted by Crippen LogP contribution is -2.37. The standard InChI is InChI=1S/C8H14N2O3/c1-9-6(8(12)13)4-5-2-3-10-7(5)11/h5-6,9H,2-4H2,1H3,(H,10,11)(H,12,13)/t5-,6-/m0/s1. The Labute approximate surface area is 76.5 Å². The van der Waals surface area contributed by atoms with Gasteiger partial charge in [-0.15, -0.1) is 0 Å². The highest BCUT2D eigenvalue weighted by Crippen LogP contribution is 2.15. The molecule has 1 saturated heterocycles.